The van der Waals surface area contributed by atoms with Gasteiger partial charge in [-0.1, -0.05) is 23.7 Å². The van der Waals surface area contributed by atoms with Gasteiger partial charge in [0.25, 0.3) is 11.5 Å². The number of hydrogen-bond donors (Lipinski definition) is 2. The Balaban J connectivity index is 1.52. The van der Waals surface area contributed by atoms with Crippen molar-refractivity contribution in [3.05, 3.63) is 86.2 Å². The van der Waals surface area contributed by atoms with E-state index < -0.39 is 22.0 Å². The maximum atomic E-state index is 13.6. The van der Waals surface area contributed by atoms with Crippen molar-refractivity contribution in [1.29, 1.82) is 0 Å². The van der Waals surface area contributed by atoms with Crippen molar-refractivity contribution in [3.8, 4) is 0 Å². The largest absolute Gasteiger partial charge is 0.377 e. The smallest absolute Gasteiger partial charge is 0.285 e. The monoisotopic (exact) mass is 609 g/mol. The number of amides is 1. The Morgan fingerprint density at radius 1 is 1.14 bits per heavy atom. The lowest BCUT2D eigenvalue weighted by atomic mass is 10.0. The zero-order valence-corrected chi connectivity index (χ0v) is 25.5. The number of carbonyl (C=O) groups excluding carboxylic acids is 1. The molecule has 2 N–H and O–H groups in total. The van der Waals surface area contributed by atoms with Gasteiger partial charge in [-0.25, -0.2) is 23.1 Å². The van der Waals surface area contributed by atoms with E-state index in [0.717, 1.165) is 41.6 Å². The Kier molecular flexibility index (Phi) is 7.95. The number of aromatic nitrogens is 4. The van der Waals surface area contributed by atoms with Crippen LogP contribution in [0, 0.1) is 13.8 Å². The van der Waals surface area contributed by atoms with Gasteiger partial charge in [0.05, 0.1) is 28.9 Å². The molecule has 0 spiro atoms. The standard InChI is InChI=1S/C29H32ClN7O4S/c1-16-12-21(18(3)32-23-8-9-24(30)33-26(23)27(38)35-42(5,40)41)25-22(13-16)28(39)36(4)29(34-25)37-11-10-20(15-37)19-7-6-17(2)31-14-19/h6-9,12-14,18,20,32H,10-11,15H2,1-5H3,(H,35,38)/t18-,20+/m1/s1. The highest BCUT2D eigenvalue weighted by atomic mass is 35.5. The molecule has 4 heterocycles. The summed E-state index contributed by atoms with van der Waals surface area (Å²) >= 11 is 6.03. The number of carbonyl (C=O) groups is 1. The Hall–Kier alpha value is -4.03. The number of sulfonamides is 1. The third-order valence-electron chi connectivity index (χ3n) is 7.40. The van der Waals surface area contributed by atoms with Crippen LogP contribution in [0.4, 0.5) is 11.6 Å². The molecule has 11 nitrogen and oxygen atoms in total. The number of aryl methyl sites for hydroxylation is 2. The average Bonchev–Trinajstić information content (AvgIpc) is 3.41. The lowest BCUT2D eigenvalue weighted by Crippen LogP contribution is -2.31. The van der Waals surface area contributed by atoms with Crippen LogP contribution in [0.5, 0.6) is 0 Å². The fraction of sp³-hybridized carbons (Fsp3) is 0.345. The van der Waals surface area contributed by atoms with Gasteiger partial charge in [0.1, 0.15) is 5.15 Å². The molecule has 0 bridgehead atoms. The number of fused-ring (bicyclic) bond motifs is 1. The number of nitrogens with one attached hydrogen (secondary N) is 2. The van der Waals surface area contributed by atoms with E-state index in [1.165, 1.54) is 6.07 Å². The quantitative estimate of drug-likeness (QED) is 0.299. The van der Waals surface area contributed by atoms with E-state index in [0.29, 0.717) is 23.4 Å². The van der Waals surface area contributed by atoms with E-state index in [2.05, 4.69) is 26.3 Å². The third kappa shape index (κ3) is 6.09. The zero-order chi connectivity index (χ0) is 30.3. The van der Waals surface area contributed by atoms with Crippen LogP contribution in [-0.4, -0.2) is 53.2 Å². The van der Waals surface area contributed by atoms with Crippen LogP contribution < -0.4 is 20.5 Å². The van der Waals surface area contributed by atoms with Crippen molar-refractivity contribution in [2.45, 2.75) is 39.2 Å². The molecule has 0 unspecified atom stereocenters. The van der Waals surface area contributed by atoms with Crippen molar-refractivity contribution in [3.63, 3.8) is 0 Å². The highest BCUT2D eigenvalue weighted by Gasteiger charge is 2.28. The van der Waals surface area contributed by atoms with Gasteiger partial charge in [-0.2, -0.15) is 0 Å². The average molecular weight is 610 g/mol. The number of rotatable bonds is 7. The summed E-state index contributed by atoms with van der Waals surface area (Å²) in [7, 11) is -2.09. The lowest BCUT2D eigenvalue weighted by Gasteiger charge is -2.23. The summed E-state index contributed by atoms with van der Waals surface area (Å²) in [6.07, 6.45) is 3.72. The Morgan fingerprint density at radius 2 is 1.90 bits per heavy atom. The van der Waals surface area contributed by atoms with Crippen LogP contribution >= 0.6 is 11.6 Å². The first kappa shape index (κ1) is 29.5. The fourth-order valence-corrected chi connectivity index (χ4v) is 5.92. The molecule has 13 heteroatoms. The van der Waals surface area contributed by atoms with Crippen molar-refractivity contribution in [2.24, 2.45) is 7.05 Å². The van der Waals surface area contributed by atoms with Gasteiger partial charge in [0.15, 0.2) is 5.69 Å². The van der Waals surface area contributed by atoms with Gasteiger partial charge in [0, 0.05) is 43.5 Å². The zero-order valence-electron chi connectivity index (χ0n) is 24.0. The fourth-order valence-electron chi connectivity index (χ4n) is 5.34. The summed E-state index contributed by atoms with van der Waals surface area (Å²) in [5.41, 5.74) is 4.24. The van der Waals surface area contributed by atoms with Gasteiger partial charge >= 0.3 is 0 Å². The van der Waals surface area contributed by atoms with Crippen LogP contribution in [0.2, 0.25) is 5.15 Å². The van der Waals surface area contributed by atoms with E-state index in [-0.39, 0.29) is 28.0 Å². The molecule has 1 aliphatic heterocycles. The molecule has 5 rings (SSSR count). The summed E-state index contributed by atoms with van der Waals surface area (Å²) in [4.78, 5) is 42.0. The minimum Gasteiger partial charge on any atom is -0.377 e. The summed E-state index contributed by atoms with van der Waals surface area (Å²) < 4.78 is 26.9. The van der Waals surface area contributed by atoms with Crippen LogP contribution in [0.15, 0.2) is 47.4 Å². The van der Waals surface area contributed by atoms with Gasteiger partial charge < -0.3 is 10.2 Å². The molecule has 220 valence electrons. The molecule has 0 aliphatic carbocycles. The second-order valence-electron chi connectivity index (χ2n) is 10.8. The van der Waals surface area contributed by atoms with E-state index in [4.69, 9.17) is 16.6 Å². The third-order valence-corrected chi connectivity index (χ3v) is 8.17. The van der Waals surface area contributed by atoms with Crippen molar-refractivity contribution in [1.82, 2.24) is 24.2 Å². The molecule has 1 amide bonds. The molecule has 0 radical (unpaired) electrons. The molecule has 1 aliphatic rings. The Labute approximate surface area is 249 Å². The van der Waals surface area contributed by atoms with Crippen LogP contribution in [0.1, 0.15) is 58.2 Å². The normalized spacial score (nSPS) is 16.0. The van der Waals surface area contributed by atoms with Crippen LogP contribution in [0.25, 0.3) is 10.9 Å². The van der Waals surface area contributed by atoms with Crippen LogP contribution in [0.3, 0.4) is 0 Å². The number of benzene rings is 1. The predicted octanol–water partition coefficient (Wildman–Crippen LogP) is 3.85. The van der Waals surface area contributed by atoms with Gasteiger partial charge in [-0.05, 0) is 62.6 Å². The summed E-state index contributed by atoms with van der Waals surface area (Å²) in [6, 6.07) is 10.5. The van der Waals surface area contributed by atoms with Gasteiger partial charge in [-0.3, -0.25) is 19.1 Å². The molecular formula is C29H32ClN7O4S. The first-order valence-electron chi connectivity index (χ1n) is 13.4. The first-order chi connectivity index (χ1) is 19.8. The van der Waals surface area contributed by atoms with E-state index in [1.807, 2.05) is 49.9 Å². The summed E-state index contributed by atoms with van der Waals surface area (Å²) in [5, 5.41) is 3.76. The van der Waals surface area contributed by atoms with Crippen LogP contribution in [-0.2, 0) is 17.1 Å². The summed E-state index contributed by atoms with van der Waals surface area (Å²) in [5.74, 6) is -0.0584. The van der Waals surface area contributed by atoms with Crippen molar-refractivity contribution >= 4 is 50.1 Å². The second kappa shape index (κ2) is 11.3. The van der Waals surface area contributed by atoms with Crippen molar-refractivity contribution in [2.75, 3.05) is 29.6 Å². The molecule has 1 fully saturated rings. The maximum absolute atomic E-state index is 13.6. The minimum atomic E-state index is -3.83. The molecule has 1 saturated heterocycles. The second-order valence-corrected chi connectivity index (χ2v) is 12.9. The molecule has 1 aromatic carbocycles. The number of anilines is 2. The molecule has 2 atom stereocenters. The van der Waals surface area contributed by atoms with E-state index in [1.54, 1.807) is 17.7 Å². The van der Waals surface area contributed by atoms with E-state index >= 15 is 0 Å². The van der Waals surface area contributed by atoms with Crippen molar-refractivity contribution < 1.29 is 13.2 Å². The minimum absolute atomic E-state index is 0.0352. The first-order valence-corrected chi connectivity index (χ1v) is 15.7. The number of nitrogens with zero attached hydrogens (tertiary/aromatic N) is 5. The molecule has 3 aromatic heterocycles. The molecule has 42 heavy (non-hydrogen) atoms. The Bertz CT molecular complexity index is 1860. The molecular weight excluding hydrogens is 578 g/mol. The van der Waals surface area contributed by atoms with E-state index in [9.17, 15) is 18.0 Å². The molecule has 0 saturated carbocycles. The maximum Gasteiger partial charge on any atom is 0.285 e. The lowest BCUT2D eigenvalue weighted by molar-refractivity contribution is 0.0977. The molecule has 4 aromatic rings. The number of halogens is 1. The SMILES string of the molecule is Cc1cc([C@@H](C)Nc2ccc(Cl)nc2C(=O)NS(C)(=O)=O)c2nc(N3CC[C@H](c4ccc(C)nc4)C3)n(C)c(=O)c2c1. The van der Waals surface area contributed by atoms with Gasteiger partial charge in [-0.15, -0.1) is 0 Å². The predicted molar refractivity (Wildman–Crippen MR) is 164 cm³/mol. The summed E-state index contributed by atoms with van der Waals surface area (Å²) in [6.45, 7) is 7.19. The van der Waals surface area contributed by atoms with Gasteiger partial charge in [0.2, 0.25) is 16.0 Å². The number of hydrogen-bond acceptors (Lipinski definition) is 9. The highest BCUT2D eigenvalue weighted by Crippen LogP contribution is 2.32. The number of pyridine rings is 2. The highest BCUT2D eigenvalue weighted by molar-refractivity contribution is 7.89. The Morgan fingerprint density at radius 3 is 2.60 bits per heavy atom. The topological polar surface area (TPSA) is 139 Å².